The second-order valence-electron chi connectivity index (χ2n) is 7.20. The van der Waals surface area contributed by atoms with Crippen LogP contribution in [-0.2, 0) is 11.0 Å². The third-order valence-electron chi connectivity index (χ3n) is 4.93. The van der Waals surface area contributed by atoms with E-state index in [1.165, 1.54) is 95.5 Å². The normalized spacial score (nSPS) is 11.4. The first kappa shape index (κ1) is 22.3. The highest BCUT2D eigenvalue weighted by atomic mass is 31.1. The lowest BCUT2D eigenvalue weighted by molar-refractivity contribution is 0.525. The zero-order valence-electron chi connectivity index (χ0n) is 16.3. The van der Waals surface area contributed by atoms with Gasteiger partial charge < -0.3 is 4.52 Å². The van der Waals surface area contributed by atoms with Gasteiger partial charge in [-0.2, -0.15) is 0 Å². The quantitative estimate of drug-likeness (QED) is 0.208. The molecule has 0 aliphatic rings. The third-order valence-corrected chi connectivity index (χ3v) is 5.29. The molecule has 25 heavy (non-hydrogen) atoms. The number of hydrogen-bond donors (Lipinski definition) is 0. The van der Waals surface area contributed by atoms with Crippen molar-refractivity contribution in [1.29, 1.82) is 0 Å². The Morgan fingerprint density at radius 1 is 0.680 bits per heavy atom. The molecule has 0 aliphatic carbocycles. The molecule has 0 saturated carbocycles. The van der Waals surface area contributed by atoms with Crippen LogP contribution in [0.3, 0.4) is 0 Å². The van der Waals surface area contributed by atoms with E-state index < -0.39 is 8.69 Å². The maximum atomic E-state index is 10.5. The summed E-state index contributed by atoms with van der Waals surface area (Å²) in [5.74, 6) is 0.717. The minimum atomic E-state index is -1.15. The van der Waals surface area contributed by atoms with Gasteiger partial charge in [0.1, 0.15) is 5.75 Å². The largest absolute Gasteiger partial charge is 0.447 e. The van der Waals surface area contributed by atoms with E-state index in [1.807, 2.05) is 12.1 Å². The molecule has 0 aliphatic heterocycles. The van der Waals surface area contributed by atoms with Crippen LogP contribution in [0.15, 0.2) is 24.3 Å². The summed E-state index contributed by atoms with van der Waals surface area (Å²) in [6.07, 6.45) is 20.8. The van der Waals surface area contributed by atoms with Crippen LogP contribution in [0.2, 0.25) is 0 Å². The summed E-state index contributed by atoms with van der Waals surface area (Å²) in [6, 6.07) is 8.02. The SMILES string of the molecule is CCCCCCCCCCCCCCCCc1ccc(O[PH2]=O)cc1. The molecule has 0 amide bonds. The van der Waals surface area contributed by atoms with E-state index in [4.69, 9.17) is 4.52 Å². The number of unbranched alkanes of at least 4 members (excludes halogenated alkanes) is 13. The van der Waals surface area contributed by atoms with Crippen LogP contribution in [0.4, 0.5) is 0 Å². The van der Waals surface area contributed by atoms with Gasteiger partial charge in [-0.3, -0.25) is 4.57 Å². The number of aryl methyl sites for hydroxylation is 1. The Kier molecular flexibility index (Phi) is 14.9. The van der Waals surface area contributed by atoms with E-state index in [0.717, 1.165) is 12.2 Å². The van der Waals surface area contributed by atoms with Crippen molar-refractivity contribution in [3.05, 3.63) is 29.8 Å². The van der Waals surface area contributed by atoms with Gasteiger partial charge in [-0.1, -0.05) is 103 Å². The van der Waals surface area contributed by atoms with Crippen LogP contribution in [0, 0.1) is 0 Å². The summed E-state index contributed by atoms with van der Waals surface area (Å²) in [6.45, 7) is 2.28. The molecule has 0 fully saturated rings. The second-order valence-corrected chi connectivity index (χ2v) is 7.63. The molecule has 3 heteroatoms. The van der Waals surface area contributed by atoms with Crippen LogP contribution < -0.4 is 4.52 Å². The molecule has 2 nitrogen and oxygen atoms in total. The molecule has 0 heterocycles. The molecule has 1 aromatic rings. The summed E-state index contributed by atoms with van der Waals surface area (Å²) in [4.78, 5) is 0. The number of rotatable bonds is 17. The highest BCUT2D eigenvalue weighted by molar-refractivity contribution is 7.17. The van der Waals surface area contributed by atoms with Crippen molar-refractivity contribution >= 4 is 8.69 Å². The number of hydrogen-bond acceptors (Lipinski definition) is 2. The molecule has 0 N–H and O–H groups in total. The van der Waals surface area contributed by atoms with Gasteiger partial charge in [0.05, 0.1) is 0 Å². The van der Waals surface area contributed by atoms with Gasteiger partial charge in [0.2, 0.25) is 8.69 Å². The average Bonchev–Trinajstić information content (AvgIpc) is 2.63. The summed E-state index contributed by atoms with van der Waals surface area (Å²) >= 11 is 0. The van der Waals surface area contributed by atoms with Gasteiger partial charge in [0, 0.05) is 0 Å². The van der Waals surface area contributed by atoms with E-state index in [0.29, 0.717) is 0 Å². The van der Waals surface area contributed by atoms with Crippen LogP contribution in [0.1, 0.15) is 102 Å². The fraction of sp³-hybridized carbons (Fsp3) is 0.727. The van der Waals surface area contributed by atoms with Gasteiger partial charge in [0.15, 0.2) is 0 Å². The van der Waals surface area contributed by atoms with Crippen molar-refractivity contribution in [3.8, 4) is 5.75 Å². The zero-order chi connectivity index (χ0) is 18.0. The lowest BCUT2D eigenvalue weighted by Crippen LogP contribution is -1.87. The molecule has 1 unspecified atom stereocenters. The lowest BCUT2D eigenvalue weighted by atomic mass is 10.0. The van der Waals surface area contributed by atoms with E-state index in [1.54, 1.807) is 0 Å². The fourth-order valence-corrected chi connectivity index (χ4v) is 3.58. The Morgan fingerprint density at radius 3 is 1.56 bits per heavy atom. The van der Waals surface area contributed by atoms with Crippen molar-refractivity contribution in [2.24, 2.45) is 0 Å². The maximum Gasteiger partial charge on any atom is 0.225 e. The molecule has 1 rings (SSSR count). The molecule has 0 aromatic heterocycles. The Labute approximate surface area is 157 Å². The number of benzene rings is 1. The highest BCUT2D eigenvalue weighted by Crippen LogP contribution is 2.18. The summed E-state index contributed by atoms with van der Waals surface area (Å²) < 4.78 is 15.5. The van der Waals surface area contributed by atoms with E-state index >= 15 is 0 Å². The van der Waals surface area contributed by atoms with Crippen LogP contribution >= 0.6 is 8.69 Å². The molecule has 0 radical (unpaired) electrons. The van der Waals surface area contributed by atoms with Gasteiger partial charge in [0.25, 0.3) is 0 Å². The first-order valence-electron chi connectivity index (χ1n) is 10.6. The molecule has 144 valence electrons. The van der Waals surface area contributed by atoms with Crippen molar-refractivity contribution in [2.45, 2.75) is 103 Å². The minimum Gasteiger partial charge on any atom is -0.447 e. The predicted molar refractivity (Wildman–Crippen MR) is 111 cm³/mol. The summed E-state index contributed by atoms with van der Waals surface area (Å²) in [5, 5.41) is 0. The molecule has 1 aromatic carbocycles. The summed E-state index contributed by atoms with van der Waals surface area (Å²) in [5.41, 5.74) is 1.35. The smallest absolute Gasteiger partial charge is 0.225 e. The monoisotopic (exact) mass is 366 g/mol. The van der Waals surface area contributed by atoms with E-state index in [2.05, 4.69) is 19.1 Å². The maximum absolute atomic E-state index is 10.5. The van der Waals surface area contributed by atoms with Gasteiger partial charge in [-0.25, -0.2) is 0 Å². The Balaban J connectivity index is 1.83. The van der Waals surface area contributed by atoms with Gasteiger partial charge in [-0.15, -0.1) is 0 Å². The predicted octanol–water partition coefficient (Wildman–Crippen LogP) is 7.76. The van der Waals surface area contributed by atoms with E-state index in [-0.39, 0.29) is 0 Å². The fourth-order valence-electron chi connectivity index (χ4n) is 3.31. The molecule has 0 spiro atoms. The average molecular weight is 367 g/mol. The lowest BCUT2D eigenvalue weighted by Gasteiger charge is -2.04. The highest BCUT2D eigenvalue weighted by Gasteiger charge is 1.97. The van der Waals surface area contributed by atoms with Crippen molar-refractivity contribution in [3.63, 3.8) is 0 Å². The first-order chi connectivity index (χ1) is 12.4. The molecule has 1 atom stereocenters. The Bertz CT molecular complexity index is 417. The van der Waals surface area contributed by atoms with Crippen molar-refractivity contribution in [2.75, 3.05) is 0 Å². The van der Waals surface area contributed by atoms with Crippen molar-refractivity contribution < 1.29 is 9.09 Å². The Hall–Kier alpha value is -0.750. The van der Waals surface area contributed by atoms with Gasteiger partial charge >= 0.3 is 0 Å². The van der Waals surface area contributed by atoms with Crippen LogP contribution in [0.5, 0.6) is 5.75 Å². The summed E-state index contributed by atoms with van der Waals surface area (Å²) in [7, 11) is -1.15. The first-order valence-corrected chi connectivity index (χ1v) is 11.5. The zero-order valence-corrected chi connectivity index (χ0v) is 17.5. The second kappa shape index (κ2) is 16.7. The van der Waals surface area contributed by atoms with Crippen LogP contribution in [0.25, 0.3) is 0 Å². The van der Waals surface area contributed by atoms with E-state index in [9.17, 15) is 4.57 Å². The van der Waals surface area contributed by atoms with Crippen molar-refractivity contribution in [1.82, 2.24) is 0 Å². The van der Waals surface area contributed by atoms with Gasteiger partial charge in [-0.05, 0) is 30.5 Å². The standard InChI is InChI=1S/C22H39O2P/c1-2-3-4-5-6-7-8-9-10-11-12-13-14-15-16-21-17-19-22(20-18-21)24-25-23/h17-20H,2-16,25H2,1H3. The molecular weight excluding hydrogens is 327 g/mol. The van der Waals surface area contributed by atoms with Crippen LogP contribution in [-0.4, -0.2) is 0 Å². The molecule has 0 bridgehead atoms. The third kappa shape index (κ3) is 13.2. The molecular formula is C22H39O2P. The molecule has 0 saturated heterocycles. The minimum absolute atomic E-state index is 0.717. The Morgan fingerprint density at radius 2 is 1.12 bits per heavy atom. The topological polar surface area (TPSA) is 26.3 Å².